The highest BCUT2D eigenvalue weighted by molar-refractivity contribution is 5.94. The lowest BCUT2D eigenvalue weighted by Gasteiger charge is -2.29. The smallest absolute Gasteiger partial charge is 0.274 e. The maximum absolute atomic E-state index is 12.8. The second-order valence-corrected chi connectivity index (χ2v) is 6.71. The minimum absolute atomic E-state index is 0.0147. The highest BCUT2D eigenvalue weighted by atomic mass is 16.5. The molecule has 0 bridgehead atoms. The summed E-state index contributed by atoms with van der Waals surface area (Å²) in [6.07, 6.45) is 0.844. The van der Waals surface area contributed by atoms with Crippen molar-refractivity contribution in [1.29, 1.82) is 5.26 Å². The molecule has 1 fully saturated rings. The van der Waals surface area contributed by atoms with E-state index in [2.05, 4.69) is 21.2 Å². The number of hydrogen-bond donors (Lipinski definition) is 1. The standard InChI is InChI=1S/C19H21N5O2/c20-11-14-2-1-3-15(10-14)12-23-5-4-17-16(13-23)18(22-21-17)19(25)24-6-8-26-9-7-24/h1-3,10H,4-9,12-13H2,(H,21,22). The Labute approximate surface area is 152 Å². The Morgan fingerprint density at radius 2 is 2.15 bits per heavy atom. The Morgan fingerprint density at radius 1 is 1.31 bits per heavy atom. The minimum atomic E-state index is -0.0147. The van der Waals surface area contributed by atoms with Gasteiger partial charge in [0.25, 0.3) is 5.91 Å². The van der Waals surface area contributed by atoms with Gasteiger partial charge in [0.2, 0.25) is 0 Å². The molecule has 134 valence electrons. The molecular formula is C19H21N5O2. The van der Waals surface area contributed by atoms with E-state index in [1.807, 2.05) is 29.2 Å². The van der Waals surface area contributed by atoms with Crippen LogP contribution < -0.4 is 0 Å². The SMILES string of the molecule is N#Cc1cccc(CN2CCc3[nH]nc(C(=O)N4CCOCC4)c3C2)c1. The third-order valence-corrected chi connectivity index (χ3v) is 4.98. The maximum Gasteiger partial charge on any atom is 0.274 e. The average Bonchev–Trinajstić information content (AvgIpc) is 3.11. The molecule has 0 saturated carbocycles. The van der Waals surface area contributed by atoms with E-state index in [0.29, 0.717) is 44.1 Å². The molecule has 26 heavy (non-hydrogen) atoms. The number of aromatic amines is 1. The lowest BCUT2D eigenvalue weighted by atomic mass is 10.0. The highest BCUT2D eigenvalue weighted by Crippen LogP contribution is 2.23. The number of fused-ring (bicyclic) bond motifs is 1. The van der Waals surface area contributed by atoms with E-state index < -0.39 is 0 Å². The third kappa shape index (κ3) is 3.34. The van der Waals surface area contributed by atoms with Gasteiger partial charge in [-0.15, -0.1) is 0 Å². The van der Waals surface area contributed by atoms with Gasteiger partial charge in [-0.05, 0) is 17.7 Å². The molecule has 1 amide bonds. The fraction of sp³-hybridized carbons (Fsp3) is 0.421. The number of benzene rings is 1. The molecule has 1 saturated heterocycles. The summed E-state index contributed by atoms with van der Waals surface area (Å²) in [6.45, 7) is 4.74. The summed E-state index contributed by atoms with van der Waals surface area (Å²) in [4.78, 5) is 16.9. The van der Waals surface area contributed by atoms with E-state index in [1.165, 1.54) is 0 Å². The maximum atomic E-state index is 12.8. The summed E-state index contributed by atoms with van der Waals surface area (Å²) in [7, 11) is 0. The number of nitrogens with one attached hydrogen (secondary N) is 1. The van der Waals surface area contributed by atoms with Gasteiger partial charge >= 0.3 is 0 Å². The first kappa shape index (κ1) is 16.8. The molecule has 2 aliphatic rings. The van der Waals surface area contributed by atoms with Gasteiger partial charge < -0.3 is 9.64 Å². The number of nitriles is 1. The number of aromatic nitrogens is 2. The predicted octanol–water partition coefficient (Wildman–Crippen LogP) is 1.31. The molecule has 3 heterocycles. The van der Waals surface area contributed by atoms with E-state index >= 15 is 0 Å². The fourth-order valence-electron chi connectivity index (χ4n) is 3.58. The van der Waals surface area contributed by atoms with Crippen LogP contribution in [-0.4, -0.2) is 58.8 Å². The molecule has 1 N–H and O–H groups in total. The molecule has 0 atom stereocenters. The van der Waals surface area contributed by atoms with Crippen molar-refractivity contribution >= 4 is 5.91 Å². The van der Waals surface area contributed by atoms with Crippen LogP contribution in [-0.2, 0) is 24.2 Å². The summed E-state index contributed by atoms with van der Waals surface area (Å²) in [5, 5.41) is 16.4. The Morgan fingerprint density at radius 3 is 2.96 bits per heavy atom. The molecule has 0 unspecified atom stereocenters. The Hall–Kier alpha value is -2.69. The lowest BCUT2D eigenvalue weighted by Crippen LogP contribution is -2.41. The summed E-state index contributed by atoms with van der Waals surface area (Å²) in [5.74, 6) is -0.0147. The van der Waals surface area contributed by atoms with Crippen molar-refractivity contribution in [2.24, 2.45) is 0 Å². The van der Waals surface area contributed by atoms with Gasteiger partial charge in [0.15, 0.2) is 5.69 Å². The lowest BCUT2D eigenvalue weighted by molar-refractivity contribution is 0.0297. The number of hydrogen-bond acceptors (Lipinski definition) is 5. The molecule has 2 aromatic rings. The topological polar surface area (TPSA) is 85.2 Å². The summed E-state index contributed by atoms with van der Waals surface area (Å²) in [5.41, 5.74) is 4.38. The summed E-state index contributed by atoms with van der Waals surface area (Å²) >= 11 is 0. The van der Waals surface area contributed by atoms with Gasteiger partial charge in [0.1, 0.15) is 0 Å². The van der Waals surface area contributed by atoms with Crippen molar-refractivity contribution in [3.63, 3.8) is 0 Å². The zero-order valence-electron chi connectivity index (χ0n) is 14.6. The van der Waals surface area contributed by atoms with Gasteiger partial charge in [-0.25, -0.2) is 0 Å². The zero-order chi connectivity index (χ0) is 17.9. The molecule has 4 rings (SSSR count). The van der Waals surface area contributed by atoms with Gasteiger partial charge in [-0.1, -0.05) is 12.1 Å². The Bertz CT molecular complexity index is 848. The number of carbonyl (C=O) groups excluding carboxylic acids is 1. The number of H-pyrrole nitrogens is 1. The third-order valence-electron chi connectivity index (χ3n) is 4.98. The van der Waals surface area contributed by atoms with Crippen LogP contribution in [0.25, 0.3) is 0 Å². The largest absolute Gasteiger partial charge is 0.378 e. The molecule has 7 nitrogen and oxygen atoms in total. The van der Waals surface area contributed by atoms with Crippen molar-refractivity contribution in [2.45, 2.75) is 19.5 Å². The molecular weight excluding hydrogens is 330 g/mol. The summed E-state index contributed by atoms with van der Waals surface area (Å²) < 4.78 is 5.33. The first-order chi connectivity index (χ1) is 12.7. The average molecular weight is 351 g/mol. The van der Waals surface area contributed by atoms with Crippen LogP contribution >= 0.6 is 0 Å². The summed E-state index contributed by atoms with van der Waals surface area (Å²) in [6, 6.07) is 9.86. The second-order valence-electron chi connectivity index (χ2n) is 6.71. The highest BCUT2D eigenvalue weighted by Gasteiger charge is 2.28. The number of carbonyl (C=O) groups is 1. The molecule has 7 heteroatoms. The molecule has 0 radical (unpaired) electrons. The fourth-order valence-corrected chi connectivity index (χ4v) is 3.58. The van der Waals surface area contributed by atoms with Gasteiger partial charge in [0.05, 0.1) is 24.8 Å². The van der Waals surface area contributed by atoms with Gasteiger partial charge in [0, 0.05) is 50.4 Å². The van der Waals surface area contributed by atoms with Crippen molar-refractivity contribution in [3.8, 4) is 6.07 Å². The Balaban J connectivity index is 1.50. The Kier molecular flexibility index (Phi) is 4.69. The molecule has 1 aromatic carbocycles. The number of rotatable bonds is 3. The van der Waals surface area contributed by atoms with Crippen LogP contribution in [0, 0.1) is 11.3 Å². The van der Waals surface area contributed by atoms with E-state index in [0.717, 1.165) is 36.3 Å². The first-order valence-corrected chi connectivity index (χ1v) is 8.89. The zero-order valence-corrected chi connectivity index (χ0v) is 14.6. The first-order valence-electron chi connectivity index (χ1n) is 8.89. The molecule has 0 aliphatic carbocycles. The quantitative estimate of drug-likeness (QED) is 0.901. The van der Waals surface area contributed by atoms with E-state index in [1.54, 1.807) is 0 Å². The van der Waals surface area contributed by atoms with Crippen LogP contribution in [0.5, 0.6) is 0 Å². The molecule has 0 spiro atoms. The normalized spacial score (nSPS) is 17.6. The van der Waals surface area contributed by atoms with E-state index in [4.69, 9.17) is 10.00 Å². The number of ether oxygens (including phenoxy) is 1. The van der Waals surface area contributed by atoms with E-state index in [-0.39, 0.29) is 5.91 Å². The van der Waals surface area contributed by atoms with Crippen molar-refractivity contribution in [3.05, 3.63) is 52.3 Å². The van der Waals surface area contributed by atoms with Crippen LogP contribution in [0.2, 0.25) is 0 Å². The van der Waals surface area contributed by atoms with Crippen LogP contribution in [0.1, 0.15) is 32.9 Å². The number of nitrogens with zero attached hydrogens (tertiary/aromatic N) is 4. The van der Waals surface area contributed by atoms with Crippen molar-refractivity contribution in [1.82, 2.24) is 20.0 Å². The minimum Gasteiger partial charge on any atom is -0.378 e. The molecule has 2 aliphatic heterocycles. The van der Waals surface area contributed by atoms with Gasteiger partial charge in [-0.2, -0.15) is 10.4 Å². The van der Waals surface area contributed by atoms with Crippen LogP contribution in [0.4, 0.5) is 0 Å². The second kappa shape index (κ2) is 7.28. The van der Waals surface area contributed by atoms with Crippen molar-refractivity contribution in [2.75, 3.05) is 32.8 Å². The van der Waals surface area contributed by atoms with Crippen LogP contribution in [0.15, 0.2) is 24.3 Å². The van der Waals surface area contributed by atoms with E-state index in [9.17, 15) is 4.79 Å². The van der Waals surface area contributed by atoms with Crippen molar-refractivity contribution < 1.29 is 9.53 Å². The van der Waals surface area contributed by atoms with Gasteiger partial charge in [-0.3, -0.25) is 14.8 Å². The predicted molar refractivity (Wildman–Crippen MR) is 94.3 cm³/mol. The van der Waals surface area contributed by atoms with Crippen LogP contribution in [0.3, 0.4) is 0 Å². The number of morpholine rings is 1. The number of amides is 1. The molecule has 1 aromatic heterocycles. The monoisotopic (exact) mass is 351 g/mol.